The fraction of sp³-hybridized carbons (Fsp3) is 0.467. The Labute approximate surface area is 110 Å². The highest BCUT2D eigenvalue weighted by molar-refractivity contribution is 5.92. The van der Waals surface area contributed by atoms with Gasteiger partial charge in [-0.05, 0) is 26.7 Å². The van der Waals surface area contributed by atoms with Crippen molar-refractivity contribution in [1.82, 2.24) is 0 Å². The summed E-state index contributed by atoms with van der Waals surface area (Å²) in [4.78, 5) is 15.3. The molecule has 0 aliphatic heterocycles. The second-order valence-electron chi connectivity index (χ2n) is 4.05. The average molecular weight is 249 g/mol. The first kappa shape index (κ1) is 16.4. The molecule has 0 aromatic rings. The topological polar surface area (TPSA) is 49.7 Å². The third kappa shape index (κ3) is 6.18. The van der Waals surface area contributed by atoms with Crippen LogP contribution < -0.4 is 0 Å². The van der Waals surface area contributed by atoms with Gasteiger partial charge in [0.15, 0.2) is 0 Å². The van der Waals surface area contributed by atoms with Gasteiger partial charge in [0.05, 0.1) is 5.57 Å². The van der Waals surface area contributed by atoms with Crippen molar-refractivity contribution in [2.45, 2.75) is 47.0 Å². The minimum atomic E-state index is -0.902. The van der Waals surface area contributed by atoms with E-state index in [2.05, 4.69) is 4.99 Å². The number of carbonyl (C=O) groups is 1. The van der Waals surface area contributed by atoms with E-state index in [0.717, 1.165) is 24.8 Å². The van der Waals surface area contributed by atoms with E-state index in [-0.39, 0.29) is 0 Å². The molecule has 0 aromatic heterocycles. The summed E-state index contributed by atoms with van der Waals surface area (Å²) in [6, 6.07) is 0. The van der Waals surface area contributed by atoms with Crippen molar-refractivity contribution in [2.24, 2.45) is 4.99 Å². The van der Waals surface area contributed by atoms with Crippen LogP contribution in [0.1, 0.15) is 47.0 Å². The van der Waals surface area contributed by atoms with E-state index >= 15 is 0 Å². The zero-order valence-corrected chi connectivity index (χ0v) is 11.7. The molecule has 100 valence electrons. The van der Waals surface area contributed by atoms with Crippen LogP contribution in [0.15, 0.2) is 40.1 Å². The number of carboxylic acid groups (broad SMARTS) is 1. The third-order valence-corrected chi connectivity index (χ3v) is 2.50. The summed E-state index contributed by atoms with van der Waals surface area (Å²) in [5.74, 6) is -0.902. The highest BCUT2D eigenvalue weighted by atomic mass is 16.4. The van der Waals surface area contributed by atoms with Crippen molar-refractivity contribution in [2.75, 3.05) is 0 Å². The first-order valence-electron chi connectivity index (χ1n) is 6.35. The van der Waals surface area contributed by atoms with Gasteiger partial charge in [0.1, 0.15) is 0 Å². The van der Waals surface area contributed by atoms with Gasteiger partial charge in [0, 0.05) is 18.0 Å². The molecule has 0 saturated carbocycles. The molecule has 0 amide bonds. The van der Waals surface area contributed by atoms with Crippen LogP contribution in [0, 0.1) is 0 Å². The SMILES string of the molecule is C\C=N/C=C(\C=C(/C)CC)C(=C\CCC)/C(=O)O. The predicted molar refractivity (Wildman–Crippen MR) is 76.9 cm³/mol. The third-order valence-electron chi connectivity index (χ3n) is 2.50. The Morgan fingerprint density at radius 2 is 2.00 bits per heavy atom. The number of aliphatic carboxylic acids is 1. The summed E-state index contributed by atoms with van der Waals surface area (Å²) >= 11 is 0. The summed E-state index contributed by atoms with van der Waals surface area (Å²) in [6.45, 7) is 7.86. The minimum absolute atomic E-state index is 0.329. The number of aliphatic imine (C=N–C) groups is 1. The Balaban J connectivity index is 5.45. The number of hydrogen-bond acceptors (Lipinski definition) is 2. The van der Waals surface area contributed by atoms with E-state index in [0.29, 0.717) is 11.1 Å². The molecule has 0 spiro atoms. The molecular weight excluding hydrogens is 226 g/mol. The van der Waals surface area contributed by atoms with E-state index in [1.165, 1.54) is 0 Å². The number of unbranched alkanes of at least 4 members (excludes halogenated alkanes) is 1. The lowest BCUT2D eigenvalue weighted by Gasteiger charge is -2.05. The maximum Gasteiger partial charge on any atom is 0.336 e. The molecule has 0 bridgehead atoms. The quantitative estimate of drug-likeness (QED) is 0.419. The molecule has 0 aliphatic carbocycles. The zero-order valence-electron chi connectivity index (χ0n) is 11.7. The van der Waals surface area contributed by atoms with Crippen LogP contribution in [0.3, 0.4) is 0 Å². The minimum Gasteiger partial charge on any atom is -0.478 e. The Kier molecular flexibility index (Phi) is 8.54. The molecule has 0 rings (SSSR count). The largest absolute Gasteiger partial charge is 0.478 e. The normalized spacial score (nSPS) is 14.3. The van der Waals surface area contributed by atoms with Crippen LogP contribution in [0.2, 0.25) is 0 Å². The van der Waals surface area contributed by atoms with Crippen molar-refractivity contribution in [3.05, 3.63) is 35.1 Å². The molecular formula is C15H23NO2. The van der Waals surface area contributed by atoms with E-state index in [1.54, 1.807) is 25.4 Å². The molecule has 0 aliphatic rings. The van der Waals surface area contributed by atoms with Crippen molar-refractivity contribution in [3.8, 4) is 0 Å². The van der Waals surface area contributed by atoms with E-state index in [4.69, 9.17) is 0 Å². The van der Waals surface area contributed by atoms with Gasteiger partial charge < -0.3 is 5.11 Å². The summed E-state index contributed by atoms with van der Waals surface area (Å²) in [5.41, 5.74) is 2.12. The standard InChI is InChI=1S/C15H23NO2/c1-5-8-9-14(15(17)18)13(11-16-7-3)10-12(4)6-2/h7,9-11H,5-6,8H2,1-4H3,(H,17,18)/b12-10+,13-11+,14-9+,16-7-. The van der Waals surface area contributed by atoms with Gasteiger partial charge in [-0.3, -0.25) is 4.99 Å². The molecule has 0 fully saturated rings. The Hall–Kier alpha value is -1.64. The second-order valence-corrected chi connectivity index (χ2v) is 4.05. The van der Waals surface area contributed by atoms with Gasteiger partial charge in [-0.1, -0.05) is 38.0 Å². The molecule has 0 unspecified atom stereocenters. The molecule has 3 heteroatoms. The summed E-state index contributed by atoms with van der Waals surface area (Å²) < 4.78 is 0. The monoisotopic (exact) mass is 249 g/mol. The van der Waals surface area contributed by atoms with Gasteiger partial charge in [-0.2, -0.15) is 0 Å². The molecule has 0 atom stereocenters. The Morgan fingerprint density at radius 1 is 1.33 bits per heavy atom. The Bertz CT molecular complexity index is 387. The van der Waals surface area contributed by atoms with Crippen LogP contribution in [-0.4, -0.2) is 17.3 Å². The Morgan fingerprint density at radius 3 is 2.44 bits per heavy atom. The fourth-order valence-electron chi connectivity index (χ4n) is 1.32. The van der Waals surface area contributed by atoms with Crippen molar-refractivity contribution in [1.29, 1.82) is 0 Å². The van der Waals surface area contributed by atoms with Crippen LogP contribution in [0.4, 0.5) is 0 Å². The number of nitrogens with zero attached hydrogens (tertiary/aromatic N) is 1. The lowest BCUT2D eigenvalue weighted by atomic mass is 10.0. The van der Waals surface area contributed by atoms with Gasteiger partial charge in [-0.25, -0.2) is 4.79 Å². The lowest BCUT2D eigenvalue weighted by Crippen LogP contribution is -2.03. The summed E-state index contributed by atoms with van der Waals surface area (Å²) in [5, 5.41) is 9.26. The zero-order chi connectivity index (χ0) is 14.0. The predicted octanol–water partition coefficient (Wildman–Crippen LogP) is 4.13. The van der Waals surface area contributed by atoms with E-state index in [9.17, 15) is 9.90 Å². The summed E-state index contributed by atoms with van der Waals surface area (Å²) in [7, 11) is 0. The molecule has 0 aromatic carbocycles. The van der Waals surface area contributed by atoms with Gasteiger partial charge in [0.25, 0.3) is 0 Å². The molecule has 0 heterocycles. The maximum atomic E-state index is 11.3. The lowest BCUT2D eigenvalue weighted by molar-refractivity contribution is -0.132. The molecule has 18 heavy (non-hydrogen) atoms. The van der Waals surface area contributed by atoms with E-state index < -0.39 is 5.97 Å². The average Bonchev–Trinajstić information content (AvgIpc) is 2.35. The van der Waals surface area contributed by atoms with Crippen LogP contribution in [-0.2, 0) is 4.79 Å². The fourth-order valence-corrected chi connectivity index (χ4v) is 1.32. The smallest absolute Gasteiger partial charge is 0.336 e. The molecule has 3 nitrogen and oxygen atoms in total. The number of hydrogen-bond donors (Lipinski definition) is 1. The van der Waals surface area contributed by atoms with Gasteiger partial charge in [0.2, 0.25) is 0 Å². The van der Waals surface area contributed by atoms with Crippen molar-refractivity contribution < 1.29 is 9.90 Å². The highest BCUT2D eigenvalue weighted by Gasteiger charge is 2.11. The van der Waals surface area contributed by atoms with Crippen LogP contribution in [0.5, 0.6) is 0 Å². The maximum absolute atomic E-state index is 11.3. The van der Waals surface area contributed by atoms with Gasteiger partial charge >= 0.3 is 5.97 Å². The number of carboxylic acids is 1. The molecule has 1 N–H and O–H groups in total. The van der Waals surface area contributed by atoms with Crippen molar-refractivity contribution >= 4 is 12.2 Å². The van der Waals surface area contributed by atoms with Crippen LogP contribution in [0.25, 0.3) is 0 Å². The number of allylic oxidation sites excluding steroid dienone is 3. The molecule has 0 saturated heterocycles. The molecule has 0 radical (unpaired) electrons. The first-order chi connectivity index (χ1) is 8.56. The van der Waals surface area contributed by atoms with Crippen LogP contribution >= 0.6 is 0 Å². The second kappa shape index (κ2) is 9.40. The van der Waals surface area contributed by atoms with Gasteiger partial charge in [-0.15, -0.1) is 0 Å². The first-order valence-corrected chi connectivity index (χ1v) is 6.35. The van der Waals surface area contributed by atoms with Crippen molar-refractivity contribution in [3.63, 3.8) is 0 Å². The summed E-state index contributed by atoms with van der Waals surface area (Å²) in [6.07, 6.45) is 9.49. The number of rotatable bonds is 7. The van der Waals surface area contributed by atoms with E-state index in [1.807, 2.05) is 26.8 Å². The highest BCUT2D eigenvalue weighted by Crippen LogP contribution is 2.17.